The van der Waals surface area contributed by atoms with Crippen molar-refractivity contribution in [3.63, 3.8) is 0 Å². The summed E-state index contributed by atoms with van der Waals surface area (Å²) < 4.78 is 16.5. The van der Waals surface area contributed by atoms with Gasteiger partial charge in [0.1, 0.15) is 11.5 Å². The quantitative estimate of drug-likeness (QED) is 0.440. The van der Waals surface area contributed by atoms with Gasteiger partial charge in [-0.15, -0.1) is 0 Å². The number of likely N-dealkylation sites (tertiary alicyclic amines) is 1. The third-order valence-corrected chi connectivity index (χ3v) is 5.89. The Balaban J connectivity index is 1.41. The molecule has 2 atom stereocenters. The number of nitrogens with zero attached hydrogens (tertiary/aromatic N) is 3. The smallest absolute Gasteiger partial charge is 0.232 e. The van der Waals surface area contributed by atoms with Crippen LogP contribution in [-0.2, 0) is 4.79 Å². The van der Waals surface area contributed by atoms with E-state index in [2.05, 4.69) is 17.1 Å². The van der Waals surface area contributed by atoms with Gasteiger partial charge in [0.05, 0.1) is 25.7 Å². The van der Waals surface area contributed by atoms with E-state index in [9.17, 15) is 4.79 Å². The van der Waals surface area contributed by atoms with E-state index in [0.717, 1.165) is 35.5 Å². The second kappa shape index (κ2) is 9.85. The van der Waals surface area contributed by atoms with Crippen molar-refractivity contribution < 1.29 is 18.8 Å². The molecule has 4 rings (SSSR count). The molecule has 0 saturated carbocycles. The minimum atomic E-state index is -0.110. The number of hydrogen-bond donors (Lipinski definition) is 0. The van der Waals surface area contributed by atoms with E-state index in [-0.39, 0.29) is 17.9 Å². The average Bonchev–Trinajstić information content (AvgIpc) is 3.46. The summed E-state index contributed by atoms with van der Waals surface area (Å²) in [4.78, 5) is 19.2. The molecule has 1 amide bonds. The first kappa shape index (κ1) is 21.9. The van der Waals surface area contributed by atoms with E-state index in [0.29, 0.717) is 31.3 Å². The van der Waals surface area contributed by atoms with Crippen molar-refractivity contribution in [2.24, 2.45) is 0 Å². The fourth-order valence-corrected chi connectivity index (χ4v) is 3.89. The Morgan fingerprint density at radius 3 is 2.53 bits per heavy atom. The minimum absolute atomic E-state index is 0.0407. The van der Waals surface area contributed by atoms with Crippen LogP contribution in [0.1, 0.15) is 56.5 Å². The maximum absolute atomic E-state index is 12.7. The van der Waals surface area contributed by atoms with Crippen LogP contribution in [0.3, 0.4) is 0 Å². The van der Waals surface area contributed by atoms with Crippen molar-refractivity contribution in [3.05, 3.63) is 60.0 Å². The standard InChI is InChI=1S/C25H29N3O4/c1-4-5-14-31-22-12-8-19(9-13-22)24-26-25(32-27-24)20-15-23(29)28(16-20)17(2)18-6-10-21(30-3)11-7-18/h6-13,17,20H,4-5,14-16H2,1-3H3. The van der Waals surface area contributed by atoms with Gasteiger partial charge in [0.2, 0.25) is 17.6 Å². The van der Waals surface area contributed by atoms with Crippen LogP contribution in [0.5, 0.6) is 11.5 Å². The van der Waals surface area contributed by atoms with Crippen molar-refractivity contribution in [1.29, 1.82) is 0 Å². The number of ether oxygens (including phenoxy) is 2. The molecule has 1 aliphatic heterocycles. The highest BCUT2D eigenvalue weighted by Crippen LogP contribution is 2.34. The third kappa shape index (κ3) is 4.77. The first-order chi connectivity index (χ1) is 15.6. The van der Waals surface area contributed by atoms with Gasteiger partial charge in [-0.3, -0.25) is 4.79 Å². The first-order valence-electron chi connectivity index (χ1n) is 11.1. The molecule has 1 fully saturated rings. The van der Waals surface area contributed by atoms with Gasteiger partial charge < -0.3 is 18.9 Å². The van der Waals surface area contributed by atoms with Gasteiger partial charge in [0, 0.05) is 18.5 Å². The fourth-order valence-electron chi connectivity index (χ4n) is 3.89. The average molecular weight is 436 g/mol. The molecule has 2 heterocycles. The van der Waals surface area contributed by atoms with E-state index in [1.54, 1.807) is 7.11 Å². The Hall–Kier alpha value is -3.35. The zero-order valence-electron chi connectivity index (χ0n) is 18.8. The molecule has 7 heteroatoms. The summed E-state index contributed by atoms with van der Waals surface area (Å²) in [6, 6.07) is 15.4. The number of methoxy groups -OCH3 is 1. The van der Waals surface area contributed by atoms with Crippen molar-refractivity contribution in [2.75, 3.05) is 20.3 Å². The predicted molar refractivity (Wildman–Crippen MR) is 121 cm³/mol. The van der Waals surface area contributed by atoms with Crippen LogP contribution in [0, 0.1) is 0 Å². The molecule has 0 aliphatic carbocycles. The van der Waals surface area contributed by atoms with Crippen LogP contribution in [0.15, 0.2) is 53.1 Å². The summed E-state index contributed by atoms with van der Waals surface area (Å²) in [5.41, 5.74) is 1.92. The van der Waals surface area contributed by atoms with Crippen molar-refractivity contribution in [3.8, 4) is 22.9 Å². The van der Waals surface area contributed by atoms with E-state index >= 15 is 0 Å². The Morgan fingerprint density at radius 1 is 1.12 bits per heavy atom. The first-order valence-corrected chi connectivity index (χ1v) is 11.1. The van der Waals surface area contributed by atoms with Gasteiger partial charge in [-0.05, 0) is 55.3 Å². The van der Waals surface area contributed by atoms with Gasteiger partial charge in [-0.2, -0.15) is 4.98 Å². The lowest BCUT2D eigenvalue weighted by Gasteiger charge is -2.25. The fraction of sp³-hybridized carbons (Fsp3) is 0.400. The van der Waals surface area contributed by atoms with Crippen LogP contribution < -0.4 is 9.47 Å². The number of unbranched alkanes of at least 4 members (excludes halogenated alkanes) is 1. The largest absolute Gasteiger partial charge is 0.497 e. The van der Waals surface area contributed by atoms with Crippen molar-refractivity contribution >= 4 is 5.91 Å². The molecule has 1 saturated heterocycles. The SMILES string of the molecule is CCCCOc1ccc(-c2noc(C3CC(=O)N(C(C)c4ccc(OC)cc4)C3)n2)cc1. The van der Waals surface area contributed by atoms with Crippen LogP contribution >= 0.6 is 0 Å². The molecule has 32 heavy (non-hydrogen) atoms. The molecule has 0 bridgehead atoms. The van der Waals surface area contributed by atoms with Crippen LogP contribution in [0.25, 0.3) is 11.4 Å². The van der Waals surface area contributed by atoms with Gasteiger partial charge in [-0.1, -0.05) is 30.6 Å². The van der Waals surface area contributed by atoms with Gasteiger partial charge in [-0.25, -0.2) is 0 Å². The molecule has 0 N–H and O–H groups in total. The highest BCUT2D eigenvalue weighted by Gasteiger charge is 2.37. The molecule has 0 radical (unpaired) electrons. The molecule has 2 unspecified atom stereocenters. The zero-order chi connectivity index (χ0) is 22.5. The summed E-state index contributed by atoms with van der Waals surface area (Å²) in [6.07, 6.45) is 2.50. The molecule has 0 spiro atoms. The predicted octanol–water partition coefficient (Wildman–Crippen LogP) is 5.00. The molecule has 1 aliphatic rings. The second-order valence-electron chi connectivity index (χ2n) is 8.08. The number of amides is 1. The Bertz CT molecular complexity index is 1030. The van der Waals surface area contributed by atoms with Crippen molar-refractivity contribution in [2.45, 2.75) is 45.1 Å². The van der Waals surface area contributed by atoms with Gasteiger partial charge in [0.15, 0.2) is 0 Å². The molecule has 1 aromatic heterocycles. The number of rotatable bonds is 9. The Labute approximate surface area is 188 Å². The van der Waals surface area contributed by atoms with Gasteiger partial charge in [0.25, 0.3) is 0 Å². The molecule has 7 nitrogen and oxygen atoms in total. The summed E-state index contributed by atoms with van der Waals surface area (Å²) in [6.45, 7) is 5.43. The number of aromatic nitrogens is 2. The molecule has 2 aromatic carbocycles. The number of benzene rings is 2. The Morgan fingerprint density at radius 2 is 1.84 bits per heavy atom. The minimum Gasteiger partial charge on any atom is -0.497 e. The zero-order valence-corrected chi connectivity index (χ0v) is 18.8. The number of hydrogen-bond acceptors (Lipinski definition) is 6. The van der Waals surface area contributed by atoms with Crippen molar-refractivity contribution in [1.82, 2.24) is 15.0 Å². The summed E-state index contributed by atoms with van der Waals surface area (Å²) in [5.74, 6) is 2.63. The lowest BCUT2D eigenvalue weighted by molar-refractivity contribution is -0.129. The third-order valence-electron chi connectivity index (χ3n) is 5.89. The molecule has 3 aromatic rings. The van der Waals surface area contributed by atoms with E-state index in [1.165, 1.54) is 0 Å². The summed E-state index contributed by atoms with van der Waals surface area (Å²) in [7, 11) is 1.64. The highest BCUT2D eigenvalue weighted by molar-refractivity contribution is 5.80. The molecular weight excluding hydrogens is 406 g/mol. The van der Waals surface area contributed by atoms with E-state index in [1.807, 2.05) is 60.4 Å². The number of carbonyl (C=O) groups is 1. The Kier molecular flexibility index (Phi) is 6.73. The van der Waals surface area contributed by atoms with Gasteiger partial charge >= 0.3 is 0 Å². The maximum Gasteiger partial charge on any atom is 0.232 e. The monoisotopic (exact) mass is 435 g/mol. The van der Waals surface area contributed by atoms with Crippen LogP contribution in [0.4, 0.5) is 0 Å². The summed E-state index contributed by atoms with van der Waals surface area (Å²) >= 11 is 0. The lowest BCUT2D eigenvalue weighted by atomic mass is 10.1. The highest BCUT2D eigenvalue weighted by atomic mass is 16.5. The van der Waals surface area contributed by atoms with Crippen LogP contribution in [0.2, 0.25) is 0 Å². The normalized spacial score (nSPS) is 16.9. The maximum atomic E-state index is 12.7. The molecule has 168 valence electrons. The summed E-state index contributed by atoms with van der Waals surface area (Å²) in [5, 5.41) is 4.14. The molecular formula is C25H29N3O4. The second-order valence-corrected chi connectivity index (χ2v) is 8.08. The van der Waals surface area contributed by atoms with E-state index in [4.69, 9.17) is 14.0 Å². The number of carbonyl (C=O) groups excluding carboxylic acids is 1. The topological polar surface area (TPSA) is 77.7 Å². The van der Waals surface area contributed by atoms with E-state index < -0.39 is 0 Å². The lowest BCUT2D eigenvalue weighted by Crippen LogP contribution is -2.28. The van der Waals surface area contributed by atoms with Crippen LogP contribution in [-0.4, -0.2) is 41.2 Å².